The van der Waals surface area contributed by atoms with Crippen LogP contribution in [0.15, 0.2) is 30.5 Å². The van der Waals surface area contributed by atoms with Gasteiger partial charge in [0.2, 0.25) is 5.91 Å². The lowest BCUT2D eigenvalue weighted by Crippen LogP contribution is -2.35. The van der Waals surface area contributed by atoms with E-state index in [9.17, 15) is 14.0 Å². The molecule has 2 aliphatic heterocycles. The number of amides is 2. The molecule has 1 aromatic heterocycles. The van der Waals surface area contributed by atoms with E-state index >= 15 is 0 Å². The van der Waals surface area contributed by atoms with Crippen LogP contribution in [-0.4, -0.2) is 57.8 Å². The van der Waals surface area contributed by atoms with Crippen molar-refractivity contribution in [1.29, 1.82) is 0 Å². The third-order valence-corrected chi connectivity index (χ3v) is 5.49. The summed E-state index contributed by atoms with van der Waals surface area (Å²) >= 11 is 0. The topological polar surface area (TPSA) is 75.6 Å². The second-order valence-electron chi connectivity index (χ2n) is 7.44. The normalized spacial score (nSPS) is 18.5. The lowest BCUT2D eigenvalue weighted by molar-refractivity contribution is -0.132. The number of likely N-dealkylation sites (tertiary alicyclic amines) is 1. The molecular weight excluding hydrogens is 375 g/mol. The van der Waals surface area contributed by atoms with Gasteiger partial charge in [-0.3, -0.25) is 9.59 Å². The summed E-state index contributed by atoms with van der Waals surface area (Å²) in [6.45, 7) is 3.72. The summed E-state index contributed by atoms with van der Waals surface area (Å²) in [6.07, 6.45) is 3.30. The van der Waals surface area contributed by atoms with Crippen molar-refractivity contribution < 1.29 is 18.7 Å². The Labute approximate surface area is 168 Å². The van der Waals surface area contributed by atoms with E-state index in [1.54, 1.807) is 35.1 Å². The largest absolute Gasteiger partial charge is 0.481 e. The monoisotopic (exact) mass is 398 g/mol. The molecule has 1 atom stereocenters. The average Bonchev–Trinajstić information content (AvgIpc) is 3.22. The van der Waals surface area contributed by atoms with Crippen molar-refractivity contribution in [2.75, 3.05) is 26.2 Å². The van der Waals surface area contributed by atoms with Gasteiger partial charge in [0.05, 0.1) is 5.69 Å². The van der Waals surface area contributed by atoms with Crippen molar-refractivity contribution in [3.8, 4) is 5.75 Å². The molecule has 8 heteroatoms. The Bertz CT molecular complexity index is 936. The van der Waals surface area contributed by atoms with E-state index in [1.165, 1.54) is 12.1 Å². The highest BCUT2D eigenvalue weighted by Crippen LogP contribution is 2.27. The SMILES string of the molecule is CC(=O)N1CCc2nc([C@@H]3CCN(C(=O)COc4ccccc4F)C3)ncc2C1. The maximum Gasteiger partial charge on any atom is 0.260 e. The van der Waals surface area contributed by atoms with Crippen molar-refractivity contribution in [1.82, 2.24) is 19.8 Å². The second-order valence-corrected chi connectivity index (χ2v) is 7.44. The number of ether oxygens (including phenoxy) is 1. The molecule has 2 aromatic rings. The van der Waals surface area contributed by atoms with Gasteiger partial charge in [-0.05, 0) is 18.6 Å². The number of carbonyl (C=O) groups excluding carboxylic acids is 2. The lowest BCUT2D eigenvalue weighted by Gasteiger charge is -2.27. The first-order chi connectivity index (χ1) is 14.0. The van der Waals surface area contributed by atoms with Crippen molar-refractivity contribution in [2.45, 2.75) is 32.2 Å². The summed E-state index contributed by atoms with van der Waals surface area (Å²) in [6, 6.07) is 6.04. The minimum atomic E-state index is -0.481. The molecule has 0 saturated carbocycles. The zero-order chi connectivity index (χ0) is 20.4. The Kier molecular flexibility index (Phi) is 5.42. The van der Waals surface area contributed by atoms with E-state index in [2.05, 4.69) is 4.98 Å². The van der Waals surface area contributed by atoms with Crippen LogP contribution in [0.5, 0.6) is 5.75 Å². The Hall–Kier alpha value is -3.03. The zero-order valence-corrected chi connectivity index (χ0v) is 16.3. The smallest absolute Gasteiger partial charge is 0.260 e. The molecule has 1 fully saturated rings. The van der Waals surface area contributed by atoms with Gasteiger partial charge in [0.25, 0.3) is 5.91 Å². The van der Waals surface area contributed by atoms with Gasteiger partial charge in [-0.2, -0.15) is 0 Å². The first-order valence-corrected chi connectivity index (χ1v) is 9.76. The van der Waals surface area contributed by atoms with Gasteiger partial charge >= 0.3 is 0 Å². The highest BCUT2D eigenvalue weighted by molar-refractivity contribution is 5.78. The van der Waals surface area contributed by atoms with E-state index in [0.717, 1.165) is 29.9 Å². The zero-order valence-electron chi connectivity index (χ0n) is 16.3. The minimum absolute atomic E-state index is 0.0577. The number of para-hydroxylation sites is 1. The Morgan fingerprint density at radius 2 is 2.07 bits per heavy atom. The molecule has 0 bridgehead atoms. The summed E-state index contributed by atoms with van der Waals surface area (Å²) in [7, 11) is 0. The summed E-state index contributed by atoms with van der Waals surface area (Å²) in [4.78, 5) is 36.7. The van der Waals surface area contributed by atoms with Crippen molar-refractivity contribution in [3.63, 3.8) is 0 Å². The van der Waals surface area contributed by atoms with Crippen LogP contribution in [0.2, 0.25) is 0 Å². The molecule has 0 spiro atoms. The molecular formula is C21H23FN4O3. The number of halogens is 1. The van der Waals surface area contributed by atoms with Gasteiger partial charge in [0, 0.05) is 57.2 Å². The van der Waals surface area contributed by atoms with Crippen molar-refractivity contribution in [3.05, 3.63) is 53.4 Å². The van der Waals surface area contributed by atoms with Gasteiger partial charge in [0.1, 0.15) is 5.82 Å². The van der Waals surface area contributed by atoms with Crippen LogP contribution in [0.25, 0.3) is 0 Å². The molecule has 0 unspecified atom stereocenters. The van der Waals surface area contributed by atoms with Crippen LogP contribution < -0.4 is 4.74 Å². The van der Waals surface area contributed by atoms with Crippen molar-refractivity contribution in [2.24, 2.45) is 0 Å². The maximum absolute atomic E-state index is 13.6. The molecule has 3 heterocycles. The molecule has 152 valence electrons. The van der Waals surface area contributed by atoms with Gasteiger partial charge < -0.3 is 14.5 Å². The summed E-state index contributed by atoms with van der Waals surface area (Å²) in [5.41, 5.74) is 1.97. The van der Waals surface area contributed by atoms with E-state index in [1.807, 2.05) is 0 Å². The minimum Gasteiger partial charge on any atom is -0.481 e. The van der Waals surface area contributed by atoms with Gasteiger partial charge in [-0.1, -0.05) is 12.1 Å². The Morgan fingerprint density at radius 3 is 2.86 bits per heavy atom. The lowest BCUT2D eigenvalue weighted by atomic mass is 10.0. The van der Waals surface area contributed by atoms with Gasteiger partial charge in [-0.25, -0.2) is 14.4 Å². The maximum atomic E-state index is 13.6. The number of carbonyl (C=O) groups is 2. The van der Waals surface area contributed by atoms with E-state index in [0.29, 0.717) is 26.2 Å². The number of hydrogen-bond donors (Lipinski definition) is 0. The Balaban J connectivity index is 1.35. The fourth-order valence-corrected chi connectivity index (χ4v) is 3.79. The standard InChI is InChI=1S/C21H23FN4O3/c1-14(27)25-9-7-18-16(12-25)10-23-21(24-18)15-6-8-26(11-15)20(28)13-29-19-5-3-2-4-17(19)22/h2-5,10,15H,6-9,11-13H2,1H3/t15-/m1/s1. The molecule has 0 N–H and O–H groups in total. The predicted octanol–water partition coefficient (Wildman–Crippen LogP) is 1.92. The molecule has 7 nitrogen and oxygen atoms in total. The number of aromatic nitrogens is 2. The second kappa shape index (κ2) is 8.14. The predicted molar refractivity (Wildman–Crippen MR) is 103 cm³/mol. The Morgan fingerprint density at radius 1 is 1.24 bits per heavy atom. The first kappa shape index (κ1) is 19.3. The van der Waals surface area contributed by atoms with Crippen LogP contribution in [-0.2, 0) is 22.6 Å². The van der Waals surface area contributed by atoms with E-state index < -0.39 is 5.82 Å². The van der Waals surface area contributed by atoms with Gasteiger partial charge in [0.15, 0.2) is 18.2 Å². The van der Waals surface area contributed by atoms with E-state index in [-0.39, 0.29) is 30.1 Å². The van der Waals surface area contributed by atoms with Crippen LogP contribution in [0.3, 0.4) is 0 Å². The van der Waals surface area contributed by atoms with E-state index in [4.69, 9.17) is 9.72 Å². The number of hydrogen-bond acceptors (Lipinski definition) is 5. The van der Waals surface area contributed by atoms with Crippen LogP contribution >= 0.6 is 0 Å². The summed E-state index contributed by atoms with van der Waals surface area (Å²) in [5, 5.41) is 0. The number of fused-ring (bicyclic) bond motifs is 1. The molecule has 1 aromatic carbocycles. The molecule has 2 amide bonds. The summed E-state index contributed by atoms with van der Waals surface area (Å²) < 4.78 is 18.9. The molecule has 1 saturated heterocycles. The van der Waals surface area contributed by atoms with Crippen LogP contribution in [0.1, 0.15) is 36.3 Å². The molecule has 0 aliphatic carbocycles. The summed E-state index contributed by atoms with van der Waals surface area (Å²) in [5.74, 6) is 0.293. The third kappa shape index (κ3) is 4.21. The van der Waals surface area contributed by atoms with Crippen LogP contribution in [0.4, 0.5) is 4.39 Å². The quantitative estimate of drug-likeness (QED) is 0.787. The fourth-order valence-electron chi connectivity index (χ4n) is 3.79. The van der Waals surface area contributed by atoms with Crippen molar-refractivity contribution >= 4 is 11.8 Å². The number of nitrogens with zero attached hydrogens (tertiary/aromatic N) is 4. The molecule has 29 heavy (non-hydrogen) atoms. The molecule has 0 radical (unpaired) electrons. The molecule has 2 aliphatic rings. The number of benzene rings is 1. The third-order valence-electron chi connectivity index (χ3n) is 5.49. The van der Waals surface area contributed by atoms with Crippen LogP contribution in [0, 0.1) is 5.82 Å². The number of rotatable bonds is 4. The fraction of sp³-hybridized carbons (Fsp3) is 0.429. The van der Waals surface area contributed by atoms with Gasteiger partial charge in [-0.15, -0.1) is 0 Å². The average molecular weight is 398 g/mol. The highest BCUT2D eigenvalue weighted by atomic mass is 19.1. The molecule has 4 rings (SSSR count). The highest BCUT2D eigenvalue weighted by Gasteiger charge is 2.30. The first-order valence-electron chi connectivity index (χ1n) is 9.76.